The molecule has 0 fully saturated rings. The molecule has 0 spiro atoms. The molecule has 0 aliphatic heterocycles. The van der Waals surface area contributed by atoms with Crippen molar-refractivity contribution in [3.05, 3.63) is 79.6 Å². The quantitative estimate of drug-likeness (QED) is 0.499. The van der Waals surface area contributed by atoms with Crippen molar-refractivity contribution in [2.75, 3.05) is 0 Å². The van der Waals surface area contributed by atoms with Crippen LogP contribution >= 0.6 is 23.2 Å². The van der Waals surface area contributed by atoms with Gasteiger partial charge >= 0.3 is 0 Å². The van der Waals surface area contributed by atoms with E-state index in [0.29, 0.717) is 6.54 Å². The molecule has 23 heavy (non-hydrogen) atoms. The van der Waals surface area contributed by atoms with Crippen molar-refractivity contribution in [1.29, 1.82) is 0 Å². The van der Waals surface area contributed by atoms with Crippen molar-refractivity contribution in [3.8, 4) is 0 Å². The number of nitrogens with zero attached hydrogens (tertiary/aromatic N) is 1. The van der Waals surface area contributed by atoms with E-state index in [2.05, 4.69) is 5.32 Å². The highest BCUT2D eigenvalue weighted by Crippen LogP contribution is 2.28. The summed E-state index contributed by atoms with van der Waals surface area (Å²) in [6.45, 7) is 0.317. The molecule has 118 valence electrons. The molecule has 0 unspecified atom stereocenters. The lowest BCUT2D eigenvalue weighted by molar-refractivity contribution is -0.420. The third kappa shape index (κ3) is 3.85. The molecule has 1 aliphatic rings. The Balaban J connectivity index is 2.24. The van der Waals surface area contributed by atoms with Crippen LogP contribution in [0.25, 0.3) is 0 Å². The summed E-state index contributed by atoms with van der Waals surface area (Å²) < 4.78 is 0. The first-order chi connectivity index (χ1) is 10.9. The molecular weight excluding hydrogens is 343 g/mol. The summed E-state index contributed by atoms with van der Waals surface area (Å²) in [4.78, 5) is 34.0. The van der Waals surface area contributed by atoms with Gasteiger partial charge in [0.25, 0.3) is 5.70 Å². The predicted octanol–water partition coefficient (Wildman–Crippen LogP) is 2.66. The maximum absolute atomic E-state index is 12.0. The Kier molecular flexibility index (Phi) is 5.31. The zero-order chi connectivity index (χ0) is 17.0. The summed E-state index contributed by atoms with van der Waals surface area (Å²) in [5, 5.41) is 13.0. The molecule has 1 aromatic carbocycles. The van der Waals surface area contributed by atoms with Crippen molar-refractivity contribution >= 4 is 34.8 Å². The van der Waals surface area contributed by atoms with Crippen LogP contribution in [0.4, 0.5) is 0 Å². The Morgan fingerprint density at radius 1 is 1.17 bits per heavy atom. The molecule has 0 radical (unpaired) electrons. The highest BCUT2D eigenvalue weighted by molar-refractivity contribution is 6.58. The molecular formula is C15H10Cl2N2O4. The Morgan fingerprint density at radius 2 is 1.83 bits per heavy atom. The molecule has 0 heterocycles. The number of Topliss-reactive ketones (excluding diaryl/α,β-unsaturated/α-hetero) is 1. The van der Waals surface area contributed by atoms with Gasteiger partial charge in [-0.3, -0.25) is 19.7 Å². The number of halogens is 2. The van der Waals surface area contributed by atoms with E-state index in [1.165, 1.54) is 0 Å². The maximum atomic E-state index is 12.0. The van der Waals surface area contributed by atoms with Crippen LogP contribution < -0.4 is 5.32 Å². The van der Waals surface area contributed by atoms with Gasteiger partial charge in [-0.05, 0) is 5.56 Å². The molecule has 0 aromatic heterocycles. The molecule has 1 N–H and O–H groups in total. The molecule has 8 heteroatoms. The first-order valence-electron chi connectivity index (χ1n) is 6.40. The van der Waals surface area contributed by atoms with E-state index in [1.54, 1.807) is 0 Å². The number of hydrogen-bond acceptors (Lipinski definition) is 5. The van der Waals surface area contributed by atoms with Crippen LogP contribution in [0, 0.1) is 10.1 Å². The van der Waals surface area contributed by atoms with Gasteiger partial charge in [-0.1, -0.05) is 53.5 Å². The number of benzene rings is 1. The summed E-state index contributed by atoms with van der Waals surface area (Å²) in [5.74, 6) is -1.61. The normalized spacial score (nSPS) is 15.6. The van der Waals surface area contributed by atoms with Gasteiger partial charge in [0.05, 0.1) is 11.1 Å². The fourth-order valence-corrected chi connectivity index (χ4v) is 2.20. The second-order valence-corrected chi connectivity index (χ2v) is 5.29. The maximum Gasteiger partial charge on any atom is 0.296 e. The average Bonchev–Trinajstić information content (AvgIpc) is 2.54. The minimum atomic E-state index is -0.860. The van der Waals surface area contributed by atoms with Gasteiger partial charge in [0.15, 0.2) is 5.78 Å². The fourth-order valence-electron chi connectivity index (χ4n) is 1.87. The first kappa shape index (κ1) is 16.9. The minimum absolute atomic E-state index is 0.317. The van der Waals surface area contributed by atoms with E-state index in [9.17, 15) is 19.7 Å². The van der Waals surface area contributed by atoms with Crippen LogP contribution in [0.2, 0.25) is 0 Å². The van der Waals surface area contributed by atoms with Crippen LogP contribution in [-0.4, -0.2) is 16.5 Å². The number of allylic oxidation sites excluding steroid dienone is 4. The van der Waals surface area contributed by atoms with Gasteiger partial charge < -0.3 is 5.32 Å². The lowest BCUT2D eigenvalue weighted by Gasteiger charge is -2.10. The van der Waals surface area contributed by atoms with E-state index >= 15 is 0 Å². The highest BCUT2D eigenvalue weighted by atomic mass is 35.5. The summed E-state index contributed by atoms with van der Waals surface area (Å²) in [6, 6.07) is 9.17. The third-order valence-electron chi connectivity index (χ3n) is 2.99. The lowest BCUT2D eigenvalue weighted by atomic mass is 10.0. The summed E-state index contributed by atoms with van der Waals surface area (Å²) in [6.07, 6.45) is 1.88. The third-order valence-corrected chi connectivity index (χ3v) is 3.82. The molecule has 0 atom stereocenters. The molecule has 1 aromatic rings. The van der Waals surface area contributed by atoms with E-state index < -0.39 is 37.8 Å². The molecule has 0 saturated heterocycles. The number of carbonyl (C=O) groups is 2. The van der Waals surface area contributed by atoms with Gasteiger partial charge in [-0.15, -0.1) is 0 Å². The smallest absolute Gasteiger partial charge is 0.296 e. The Labute approximate surface area is 141 Å². The summed E-state index contributed by atoms with van der Waals surface area (Å²) in [5.41, 5.74) is -0.0657. The lowest BCUT2D eigenvalue weighted by Crippen LogP contribution is -2.20. The predicted molar refractivity (Wildman–Crippen MR) is 85.2 cm³/mol. The fraction of sp³-hybridized carbons (Fsp3) is 0.0667. The van der Waals surface area contributed by atoms with Crippen molar-refractivity contribution in [1.82, 2.24) is 5.32 Å². The zero-order valence-corrected chi connectivity index (χ0v) is 13.1. The van der Waals surface area contributed by atoms with E-state index in [0.717, 1.165) is 17.8 Å². The van der Waals surface area contributed by atoms with Crippen molar-refractivity contribution in [2.24, 2.45) is 0 Å². The van der Waals surface area contributed by atoms with E-state index in [4.69, 9.17) is 23.2 Å². The van der Waals surface area contributed by atoms with Gasteiger partial charge in [-0.25, -0.2) is 0 Å². The van der Waals surface area contributed by atoms with Gasteiger partial charge in [0.1, 0.15) is 15.6 Å². The summed E-state index contributed by atoms with van der Waals surface area (Å²) >= 11 is 11.2. The Bertz CT molecular complexity index is 767. The monoisotopic (exact) mass is 352 g/mol. The SMILES string of the molecule is O=C1C=C(/C(=C/NCc2ccccc2)[N+](=O)[O-])C(=O)C(Cl)=C1Cl. The number of rotatable bonds is 5. The molecule has 6 nitrogen and oxygen atoms in total. The summed E-state index contributed by atoms with van der Waals surface area (Å²) in [7, 11) is 0. The largest absolute Gasteiger partial charge is 0.381 e. The number of ketones is 2. The van der Waals surface area contributed by atoms with Crippen molar-refractivity contribution in [2.45, 2.75) is 6.54 Å². The van der Waals surface area contributed by atoms with Crippen LogP contribution in [0.15, 0.2) is 63.9 Å². The van der Waals surface area contributed by atoms with Crippen LogP contribution in [0.3, 0.4) is 0 Å². The molecule has 2 rings (SSSR count). The number of nitro groups is 1. The Hall–Kier alpha value is -2.44. The van der Waals surface area contributed by atoms with Gasteiger partial charge in [-0.2, -0.15) is 0 Å². The van der Waals surface area contributed by atoms with E-state index in [1.807, 2.05) is 30.3 Å². The molecule has 0 saturated carbocycles. The topological polar surface area (TPSA) is 89.3 Å². The average molecular weight is 353 g/mol. The molecule has 0 bridgehead atoms. The first-order valence-corrected chi connectivity index (χ1v) is 7.15. The second-order valence-electron chi connectivity index (χ2n) is 4.53. The van der Waals surface area contributed by atoms with Crippen LogP contribution in [-0.2, 0) is 16.1 Å². The van der Waals surface area contributed by atoms with E-state index in [-0.39, 0.29) is 0 Å². The van der Waals surface area contributed by atoms with Crippen molar-refractivity contribution in [3.63, 3.8) is 0 Å². The number of carbonyl (C=O) groups excluding carboxylic acids is 2. The number of nitrogens with one attached hydrogen (secondary N) is 1. The second kappa shape index (κ2) is 7.21. The zero-order valence-electron chi connectivity index (χ0n) is 11.6. The highest BCUT2D eigenvalue weighted by Gasteiger charge is 2.33. The number of hydrogen-bond donors (Lipinski definition) is 1. The van der Waals surface area contributed by atoms with Crippen LogP contribution in [0.1, 0.15) is 5.56 Å². The van der Waals surface area contributed by atoms with Crippen molar-refractivity contribution < 1.29 is 14.5 Å². The standard InChI is InChI=1S/C15H10Cl2N2O4/c16-13-12(20)6-10(15(21)14(13)17)11(19(22)23)8-18-7-9-4-2-1-3-5-9/h1-6,8,18H,7H2/b11-8-. The Morgan fingerprint density at radius 3 is 2.43 bits per heavy atom. The van der Waals surface area contributed by atoms with Crippen LogP contribution in [0.5, 0.6) is 0 Å². The van der Waals surface area contributed by atoms with Gasteiger partial charge in [0.2, 0.25) is 5.78 Å². The molecule has 0 amide bonds. The molecule has 1 aliphatic carbocycles. The minimum Gasteiger partial charge on any atom is -0.381 e. The van der Waals surface area contributed by atoms with Gasteiger partial charge in [0, 0.05) is 12.6 Å².